The molecule has 2 heterocycles. The van der Waals surface area contributed by atoms with Crippen LogP contribution in [0.5, 0.6) is 0 Å². The highest BCUT2D eigenvalue weighted by Crippen LogP contribution is 2.26. The molecule has 138 valence electrons. The van der Waals surface area contributed by atoms with Crippen LogP contribution in [-0.4, -0.2) is 60.8 Å². The fraction of sp³-hybridized carbons (Fsp3) is 0.312. The maximum Gasteiger partial charge on any atom is 0.311 e. The number of nitro groups is 1. The fourth-order valence-corrected chi connectivity index (χ4v) is 4.09. The van der Waals surface area contributed by atoms with Gasteiger partial charge in [-0.15, -0.1) is 0 Å². The normalized spacial score (nSPS) is 16.3. The van der Waals surface area contributed by atoms with Gasteiger partial charge >= 0.3 is 5.69 Å². The monoisotopic (exact) mass is 377 g/mol. The standard InChI is InChI=1S/C16H19N5O4S/c1-19-9-11-20(12-10-19)26(24,25)14-6-4-13(5-7-14)18-16-15(21(22)23)3-2-8-17-16/h2-8H,9-12H2,1H3,(H,17,18). The minimum atomic E-state index is -3.54. The van der Waals surface area contributed by atoms with E-state index >= 15 is 0 Å². The minimum absolute atomic E-state index is 0.104. The van der Waals surface area contributed by atoms with Crippen molar-refractivity contribution in [1.82, 2.24) is 14.2 Å². The maximum absolute atomic E-state index is 12.7. The number of likely N-dealkylation sites (N-methyl/N-ethyl adjacent to an activating group) is 1. The topological polar surface area (TPSA) is 109 Å². The Hall–Kier alpha value is -2.56. The number of hydrogen-bond acceptors (Lipinski definition) is 7. The number of piperazine rings is 1. The molecule has 1 saturated heterocycles. The number of benzene rings is 1. The molecule has 1 aliphatic rings. The van der Waals surface area contributed by atoms with Gasteiger partial charge in [-0.05, 0) is 37.4 Å². The molecular formula is C16H19N5O4S. The average Bonchev–Trinajstić information content (AvgIpc) is 2.63. The van der Waals surface area contributed by atoms with E-state index in [4.69, 9.17) is 0 Å². The third-order valence-corrected chi connectivity index (χ3v) is 6.11. The summed E-state index contributed by atoms with van der Waals surface area (Å²) in [5.74, 6) is 0.104. The largest absolute Gasteiger partial charge is 0.334 e. The van der Waals surface area contributed by atoms with Gasteiger partial charge in [-0.1, -0.05) is 0 Å². The van der Waals surface area contributed by atoms with E-state index in [1.165, 1.54) is 34.8 Å². The highest BCUT2D eigenvalue weighted by molar-refractivity contribution is 7.89. The number of nitrogens with zero attached hydrogens (tertiary/aromatic N) is 4. The van der Waals surface area contributed by atoms with Crippen LogP contribution in [0.3, 0.4) is 0 Å². The molecule has 0 spiro atoms. The van der Waals surface area contributed by atoms with E-state index in [-0.39, 0.29) is 16.4 Å². The molecule has 0 aliphatic carbocycles. The first-order chi connectivity index (χ1) is 12.4. The summed E-state index contributed by atoms with van der Waals surface area (Å²) >= 11 is 0. The molecule has 0 radical (unpaired) electrons. The molecule has 1 aromatic carbocycles. The van der Waals surface area contributed by atoms with Crippen LogP contribution in [0.15, 0.2) is 47.5 Å². The number of pyridine rings is 1. The lowest BCUT2D eigenvalue weighted by atomic mass is 10.3. The van der Waals surface area contributed by atoms with Gasteiger partial charge in [0.1, 0.15) is 0 Å². The van der Waals surface area contributed by atoms with Crippen molar-refractivity contribution in [2.24, 2.45) is 0 Å². The Balaban J connectivity index is 1.78. The number of aromatic nitrogens is 1. The summed E-state index contributed by atoms with van der Waals surface area (Å²) in [6.45, 7) is 2.31. The van der Waals surface area contributed by atoms with Crippen LogP contribution in [0, 0.1) is 10.1 Å². The maximum atomic E-state index is 12.7. The molecule has 1 fully saturated rings. The van der Waals surface area contributed by atoms with Gasteiger partial charge in [0.05, 0.1) is 9.82 Å². The Kier molecular flexibility index (Phi) is 5.16. The molecule has 1 N–H and O–H groups in total. The Morgan fingerprint density at radius 3 is 2.38 bits per heavy atom. The Morgan fingerprint density at radius 1 is 1.12 bits per heavy atom. The van der Waals surface area contributed by atoms with Crippen molar-refractivity contribution >= 4 is 27.2 Å². The molecule has 10 heteroatoms. The molecule has 3 rings (SSSR count). The lowest BCUT2D eigenvalue weighted by molar-refractivity contribution is -0.384. The van der Waals surface area contributed by atoms with Crippen LogP contribution in [0.1, 0.15) is 0 Å². The van der Waals surface area contributed by atoms with Crippen molar-refractivity contribution in [3.63, 3.8) is 0 Å². The Labute approximate surface area is 151 Å². The SMILES string of the molecule is CN1CCN(S(=O)(=O)c2ccc(Nc3ncccc3[N+](=O)[O-])cc2)CC1. The molecule has 0 bridgehead atoms. The number of rotatable bonds is 5. The van der Waals surface area contributed by atoms with Crippen molar-refractivity contribution in [3.05, 3.63) is 52.7 Å². The van der Waals surface area contributed by atoms with Crippen LogP contribution in [0.25, 0.3) is 0 Å². The summed E-state index contributed by atoms with van der Waals surface area (Å²) in [6, 6.07) is 8.95. The van der Waals surface area contributed by atoms with Gasteiger partial charge in [0.15, 0.2) is 0 Å². The molecule has 9 nitrogen and oxygen atoms in total. The lowest BCUT2D eigenvalue weighted by Crippen LogP contribution is -2.46. The van der Waals surface area contributed by atoms with Crippen molar-refractivity contribution in [2.45, 2.75) is 4.90 Å². The molecule has 0 atom stereocenters. The fourth-order valence-electron chi connectivity index (χ4n) is 2.66. The zero-order valence-corrected chi connectivity index (χ0v) is 15.0. The summed E-state index contributed by atoms with van der Waals surface area (Å²) in [6.07, 6.45) is 1.45. The van der Waals surface area contributed by atoms with Crippen LogP contribution in [0.4, 0.5) is 17.2 Å². The molecule has 0 amide bonds. The Bertz CT molecular complexity index is 893. The van der Waals surface area contributed by atoms with Crippen LogP contribution in [-0.2, 0) is 10.0 Å². The smallest absolute Gasteiger partial charge is 0.311 e. The second kappa shape index (κ2) is 7.36. The van der Waals surface area contributed by atoms with Crippen molar-refractivity contribution in [3.8, 4) is 0 Å². The first-order valence-electron chi connectivity index (χ1n) is 8.03. The summed E-state index contributed by atoms with van der Waals surface area (Å²) in [4.78, 5) is 16.7. The second-order valence-corrected chi connectivity index (χ2v) is 7.92. The molecule has 0 saturated carbocycles. The van der Waals surface area contributed by atoms with E-state index in [0.29, 0.717) is 31.9 Å². The van der Waals surface area contributed by atoms with Gasteiger partial charge < -0.3 is 10.2 Å². The summed E-state index contributed by atoms with van der Waals surface area (Å²) in [5, 5.41) is 13.9. The zero-order chi connectivity index (χ0) is 18.7. The summed E-state index contributed by atoms with van der Waals surface area (Å²) in [7, 11) is -1.58. The highest BCUT2D eigenvalue weighted by Gasteiger charge is 2.27. The van der Waals surface area contributed by atoms with Crippen molar-refractivity contribution < 1.29 is 13.3 Å². The Morgan fingerprint density at radius 2 is 1.77 bits per heavy atom. The number of sulfonamides is 1. The third-order valence-electron chi connectivity index (χ3n) is 4.20. The van der Waals surface area contributed by atoms with E-state index in [1.54, 1.807) is 12.1 Å². The molecule has 2 aromatic rings. The average molecular weight is 377 g/mol. The molecule has 1 aromatic heterocycles. The van der Waals surface area contributed by atoms with Crippen LogP contribution in [0.2, 0.25) is 0 Å². The van der Waals surface area contributed by atoms with E-state index in [0.717, 1.165) is 0 Å². The van der Waals surface area contributed by atoms with Gasteiger partial charge in [-0.2, -0.15) is 4.31 Å². The predicted octanol–water partition coefficient (Wildman–Crippen LogP) is 1.67. The van der Waals surface area contributed by atoms with Gasteiger partial charge in [0, 0.05) is 44.1 Å². The highest BCUT2D eigenvalue weighted by atomic mass is 32.2. The summed E-state index contributed by atoms with van der Waals surface area (Å²) < 4.78 is 26.9. The molecule has 26 heavy (non-hydrogen) atoms. The first-order valence-corrected chi connectivity index (χ1v) is 9.47. The summed E-state index contributed by atoms with van der Waals surface area (Å²) in [5.41, 5.74) is 0.366. The molecular weight excluding hydrogens is 358 g/mol. The molecule has 1 aliphatic heterocycles. The van der Waals surface area contributed by atoms with Gasteiger partial charge in [-0.25, -0.2) is 13.4 Å². The minimum Gasteiger partial charge on any atom is -0.334 e. The number of hydrogen-bond donors (Lipinski definition) is 1. The third kappa shape index (κ3) is 3.82. The quantitative estimate of drug-likeness (QED) is 0.623. The first kappa shape index (κ1) is 18.2. The molecule has 0 unspecified atom stereocenters. The zero-order valence-electron chi connectivity index (χ0n) is 14.2. The van der Waals surface area contributed by atoms with Crippen LogP contribution < -0.4 is 5.32 Å². The lowest BCUT2D eigenvalue weighted by Gasteiger charge is -2.31. The van der Waals surface area contributed by atoms with E-state index < -0.39 is 14.9 Å². The van der Waals surface area contributed by atoms with Crippen LogP contribution >= 0.6 is 0 Å². The number of nitrogens with one attached hydrogen (secondary N) is 1. The van der Waals surface area contributed by atoms with Gasteiger partial charge in [0.25, 0.3) is 0 Å². The van der Waals surface area contributed by atoms with E-state index in [2.05, 4.69) is 15.2 Å². The van der Waals surface area contributed by atoms with Gasteiger partial charge in [0.2, 0.25) is 15.8 Å². The number of anilines is 2. The van der Waals surface area contributed by atoms with Gasteiger partial charge in [-0.3, -0.25) is 10.1 Å². The predicted molar refractivity (Wildman–Crippen MR) is 96.9 cm³/mol. The van der Waals surface area contributed by atoms with E-state index in [1.807, 2.05) is 7.05 Å². The van der Waals surface area contributed by atoms with Crippen molar-refractivity contribution in [1.29, 1.82) is 0 Å². The van der Waals surface area contributed by atoms with E-state index in [9.17, 15) is 18.5 Å². The second-order valence-electron chi connectivity index (χ2n) is 5.98. The van der Waals surface area contributed by atoms with Crippen molar-refractivity contribution in [2.75, 3.05) is 38.5 Å².